The first-order chi connectivity index (χ1) is 16.0. The lowest BCUT2D eigenvalue weighted by Crippen LogP contribution is -2.44. The molecule has 0 spiro atoms. The van der Waals surface area contributed by atoms with E-state index in [1.54, 1.807) is 35.5 Å². The number of benzene rings is 1. The lowest BCUT2D eigenvalue weighted by Gasteiger charge is -2.31. The molecule has 3 heterocycles. The summed E-state index contributed by atoms with van der Waals surface area (Å²) in [5.74, 6) is 0.117. The van der Waals surface area contributed by atoms with Crippen LogP contribution in [0, 0.1) is 5.92 Å². The van der Waals surface area contributed by atoms with Gasteiger partial charge in [0.1, 0.15) is 22.9 Å². The largest absolute Gasteiger partial charge is 0.497 e. The molecule has 0 aliphatic carbocycles. The Kier molecular flexibility index (Phi) is 6.79. The van der Waals surface area contributed by atoms with Gasteiger partial charge in [0.25, 0.3) is 5.91 Å². The van der Waals surface area contributed by atoms with Crippen molar-refractivity contribution >= 4 is 29.1 Å². The molecule has 1 aliphatic heterocycles. The summed E-state index contributed by atoms with van der Waals surface area (Å²) in [6, 6.07) is 8.64. The topological polar surface area (TPSA) is 109 Å². The highest BCUT2D eigenvalue weighted by Gasteiger charge is 2.30. The zero-order valence-electron chi connectivity index (χ0n) is 18.3. The highest BCUT2D eigenvalue weighted by molar-refractivity contribution is 6.34. The van der Waals surface area contributed by atoms with Crippen LogP contribution < -0.4 is 14.8 Å². The Labute approximate surface area is 196 Å². The van der Waals surface area contributed by atoms with Gasteiger partial charge in [-0.05, 0) is 31.0 Å². The summed E-state index contributed by atoms with van der Waals surface area (Å²) < 4.78 is 10.5. The number of nitrogens with one attached hydrogen (secondary N) is 2. The zero-order chi connectivity index (χ0) is 23.4. The maximum absolute atomic E-state index is 13.0. The molecule has 0 saturated carbocycles. The summed E-state index contributed by atoms with van der Waals surface area (Å²) in [4.78, 5) is 31.8. The summed E-state index contributed by atoms with van der Waals surface area (Å²) in [6.07, 6.45) is 4.73. The van der Waals surface area contributed by atoms with E-state index >= 15 is 0 Å². The molecule has 9 nitrogen and oxygen atoms in total. The molecule has 10 heteroatoms. The molecular weight excluding hydrogens is 446 g/mol. The van der Waals surface area contributed by atoms with Gasteiger partial charge >= 0.3 is 0 Å². The fourth-order valence-electron chi connectivity index (χ4n) is 3.82. The maximum atomic E-state index is 13.0. The minimum absolute atomic E-state index is 0.199. The van der Waals surface area contributed by atoms with Crippen LogP contribution in [0.1, 0.15) is 23.3 Å². The summed E-state index contributed by atoms with van der Waals surface area (Å²) >= 11 is 6.33. The van der Waals surface area contributed by atoms with Gasteiger partial charge in [0, 0.05) is 43.2 Å². The van der Waals surface area contributed by atoms with E-state index < -0.39 is 0 Å². The molecular formula is C23H24ClN5O4. The van der Waals surface area contributed by atoms with Gasteiger partial charge in [-0.2, -0.15) is 5.10 Å². The second-order valence-electron chi connectivity index (χ2n) is 7.67. The molecule has 0 unspecified atom stereocenters. The second-order valence-corrected chi connectivity index (χ2v) is 8.08. The van der Waals surface area contributed by atoms with E-state index in [1.165, 1.54) is 14.2 Å². The summed E-state index contributed by atoms with van der Waals surface area (Å²) in [7, 11) is 3.02. The SMILES string of the molecule is COc1cc(Cl)c(NC(=O)[C@@H]2CCCN(C(=O)c3cc(-c4cccnc4)n[nH]3)C2)c(OC)c1. The van der Waals surface area contributed by atoms with Gasteiger partial charge in [-0.1, -0.05) is 11.6 Å². The number of pyridine rings is 1. The number of rotatable bonds is 6. The van der Waals surface area contributed by atoms with E-state index in [0.29, 0.717) is 59.5 Å². The van der Waals surface area contributed by atoms with Crippen molar-refractivity contribution in [3.8, 4) is 22.8 Å². The van der Waals surface area contributed by atoms with Crippen molar-refractivity contribution in [2.75, 3.05) is 32.6 Å². The third-order valence-corrected chi connectivity index (χ3v) is 5.87. The molecule has 33 heavy (non-hydrogen) atoms. The number of anilines is 1. The predicted octanol–water partition coefficient (Wildman–Crippen LogP) is 3.63. The number of aromatic amines is 1. The molecule has 1 aliphatic rings. The number of hydrogen-bond acceptors (Lipinski definition) is 6. The van der Waals surface area contributed by atoms with Crippen LogP contribution in [0.3, 0.4) is 0 Å². The average Bonchev–Trinajstić information content (AvgIpc) is 3.35. The van der Waals surface area contributed by atoms with E-state index in [-0.39, 0.29) is 17.7 Å². The van der Waals surface area contributed by atoms with Gasteiger partial charge in [0.2, 0.25) is 5.91 Å². The van der Waals surface area contributed by atoms with Gasteiger partial charge < -0.3 is 19.7 Å². The Balaban J connectivity index is 1.45. The predicted molar refractivity (Wildman–Crippen MR) is 124 cm³/mol. The van der Waals surface area contributed by atoms with Crippen molar-refractivity contribution in [1.29, 1.82) is 0 Å². The number of H-pyrrole nitrogens is 1. The van der Waals surface area contributed by atoms with Gasteiger partial charge in [-0.3, -0.25) is 19.7 Å². The monoisotopic (exact) mass is 469 g/mol. The lowest BCUT2D eigenvalue weighted by molar-refractivity contribution is -0.121. The number of likely N-dealkylation sites (tertiary alicyclic amines) is 1. The number of piperidine rings is 1. The molecule has 1 saturated heterocycles. The van der Waals surface area contributed by atoms with Crippen molar-refractivity contribution in [3.63, 3.8) is 0 Å². The molecule has 0 radical (unpaired) electrons. The van der Waals surface area contributed by atoms with Crippen LogP contribution >= 0.6 is 11.6 Å². The smallest absolute Gasteiger partial charge is 0.271 e. The summed E-state index contributed by atoms with van der Waals surface area (Å²) in [5.41, 5.74) is 2.20. The fraction of sp³-hybridized carbons (Fsp3) is 0.304. The van der Waals surface area contributed by atoms with E-state index in [9.17, 15) is 9.59 Å². The molecule has 3 aromatic rings. The zero-order valence-corrected chi connectivity index (χ0v) is 19.1. The Hall–Kier alpha value is -3.59. The van der Waals surface area contributed by atoms with E-state index in [0.717, 1.165) is 5.56 Å². The summed E-state index contributed by atoms with van der Waals surface area (Å²) in [6.45, 7) is 0.860. The number of amides is 2. The highest BCUT2D eigenvalue weighted by Crippen LogP contribution is 2.37. The molecule has 1 aromatic carbocycles. The van der Waals surface area contributed by atoms with E-state index in [2.05, 4.69) is 20.5 Å². The Bertz CT molecular complexity index is 1150. The molecule has 172 valence electrons. The Morgan fingerprint density at radius 1 is 1.24 bits per heavy atom. The average molecular weight is 470 g/mol. The first-order valence-corrected chi connectivity index (χ1v) is 10.9. The highest BCUT2D eigenvalue weighted by atomic mass is 35.5. The van der Waals surface area contributed by atoms with Crippen LogP contribution in [-0.2, 0) is 4.79 Å². The third-order valence-electron chi connectivity index (χ3n) is 5.58. The molecule has 1 atom stereocenters. The van der Waals surface area contributed by atoms with Crippen LogP contribution in [-0.4, -0.2) is 59.2 Å². The lowest BCUT2D eigenvalue weighted by atomic mass is 9.96. The van der Waals surface area contributed by atoms with Crippen LogP contribution in [0.25, 0.3) is 11.3 Å². The number of methoxy groups -OCH3 is 2. The van der Waals surface area contributed by atoms with Gasteiger partial charge in [-0.15, -0.1) is 0 Å². The standard InChI is InChI=1S/C23H24ClN5O4/c1-32-16-9-17(24)21(20(10-16)33-2)26-22(30)15-6-4-8-29(13-15)23(31)19-11-18(27-28-19)14-5-3-7-25-12-14/h3,5,7,9-12,15H,4,6,8,13H2,1-2H3,(H,26,30)(H,27,28)/t15-/m1/s1. The number of carbonyl (C=O) groups excluding carboxylic acids is 2. The molecule has 2 aromatic heterocycles. The summed E-state index contributed by atoms with van der Waals surface area (Å²) in [5, 5.41) is 10.2. The third kappa shape index (κ3) is 4.93. The van der Waals surface area contributed by atoms with Crippen molar-refractivity contribution in [3.05, 3.63) is 53.4 Å². The molecule has 1 fully saturated rings. The first kappa shape index (κ1) is 22.6. The minimum atomic E-state index is -0.383. The number of nitrogens with zero attached hydrogens (tertiary/aromatic N) is 3. The van der Waals surface area contributed by atoms with Crippen LogP contribution in [0.5, 0.6) is 11.5 Å². The van der Waals surface area contributed by atoms with Crippen molar-refractivity contribution in [2.45, 2.75) is 12.8 Å². The van der Waals surface area contributed by atoms with Crippen LogP contribution in [0.15, 0.2) is 42.7 Å². The normalized spacial score (nSPS) is 15.7. The number of aromatic nitrogens is 3. The van der Waals surface area contributed by atoms with Crippen LogP contribution in [0.4, 0.5) is 5.69 Å². The van der Waals surface area contributed by atoms with Gasteiger partial charge in [0.15, 0.2) is 0 Å². The second kappa shape index (κ2) is 9.91. The van der Waals surface area contributed by atoms with E-state index in [4.69, 9.17) is 21.1 Å². The molecule has 4 rings (SSSR count). The van der Waals surface area contributed by atoms with Gasteiger partial charge in [-0.25, -0.2) is 0 Å². The van der Waals surface area contributed by atoms with Crippen LogP contribution in [0.2, 0.25) is 5.02 Å². The molecule has 2 N–H and O–H groups in total. The number of carbonyl (C=O) groups is 2. The van der Waals surface area contributed by atoms with Crippen molar-refractivity contribution in [1.82, 2.24) is 20.1 Å². The molecule has 0 bridgehead atoms. The van der Waals surface area contributed by atoms with Gasteiger partial charge in [0.05, 0.1) is 30.9 Å². The fourth-order valence-corrected chi connectivity index (χ4v) is 4.07. The number of ether oxygens (including phenoxy) is 2. The molecule has 2 amide bonds. The van der Waals surface area contributed by atoms with Crippen molar-refractivity contribution < 1.29 is 19.1 Å². The maximum Gasteiger partial charge on any atom is 0.271 e. The number of halogens is 1. The Morgan fingerprint density at radius 2 is 2.09 bits per heavy atom. The number of hydrogen-bond donors (Lipinski definition) is 2. The van der Waals surface area contributed by atoms with E-state index in [1.807, 2.05) is 12.1 Å². The van der Waals surface area contributed by atoms with Crippen molar-refractivity contribution in [2.24, 2.45) is 5.92 Å². The Morgan fingerprint density at radius 3 is 2.82 bits per heavy atom. The quantitative estimate of drug-likeness (QED) is 0.570. The minimum Gasteiger partial charge on any atom is -0.497 e. The first-order valence-electron chi connectivity index (χ1n) is 10.5.